The van der Waals surface area contributed by atoms with Gasteiger partial charge in [0.05, 0.1) is 11.6 Å². The highest BCUT2D eigenvalue weighted by atomic mass is 16.5. The van der Waals surface area contributed by atoms with Gasteiger partial charge in [-0.05, 0) is 47.9 Å². The first-order valence-corrected chi connectivity index (χ1v) is 10.9. The largest absolute Gasteiger partial charge is 0.504 e. The monoisotopic (exact) mass is 463 g/mol. The zero-order valence-corrected chi connectivity index (χ0v) is 18.3. The minimum absolute atomic E-state index is 0.0514. The number of phenolic OH excluding ortho intramolecular Hbond substituents is 1. The van der Waals surface area contributed by atoms with E-state index in [1.54, 1.807) is 41.6 Å². The number of ether oxygens (including phenoxy) is 1. The summed E-state index contributed by atoms with van der Waals surface area (Å²) in [6.45, 7) is 0.692. The number of carbonyl (C=O) groups excluding carboxylic acids is 2. The first kappa shape index (κ1) is 22.9. The summed E-state index contributed by atoms with van der Waals surface area (Å²) in [6, 6.07) is 14.3. The van der Waals surface area contributed by atoms with E-state index in [2.05, 4.69) is 10.3 Å². The summed E-state index contributed by atoms with van der Waals surface area (Å²) in [7, 11) is 0. The number of H-pyrrole nitrogens is 1. The number of aromatic nitrogens is 1. The van der Waals surface area contributed by atoms with Gasteiger partial charge in [-0.15, -0.1) is 0 Å². The molecule has 0 unspecified atom stereocenters. The van der Waals surface area contributed by atoms with Crippen LogP contribution in [0.15, 0.2) is 60.9 Å². The van der Waals surface area contributed by atoms with Crippen molar-refractivity contribution in [1.82, 2.24) is 15.2 Å². The van der Waals surface area contributed by atoms with Crippen molar-refractivity contribution in [3.63, 3.8) is 0 Å². The zero-order valence-electron chi connectivity index (χ0n) is 18.3. The Morgan fingerprint density at radius 2 is 1.94 bits per heavy atom. The number of rotatable bonds is 1. The highest BCUT2D eigenvalue weighted by Gasteiger charge is 2.37. The molecule has 0 aliphatic carbocycles. The summed E-state index contributed by atoms with van der Waals surface area (Å²) in [5, 5.41) is 20.2. The van der Waals surface area contributed by atoms with E-state index in [4.69, 9.17) is 14.6 Å². The second kappa shape index (κ2) is 10.1. The summed E-state index contributed by atoms with van der Waals surface area (Å²) >= 11 is 0. The third-order valence-corrected chi connectivity index (χ3v) is 5.98. The average Bonchev–Trinajstić information content (AvgIpc) is 3.50. The molecule has 0 saturated carbocycles. The molecule has 34 heavy (non-hydrogen) atoms. The van der Waals surface area contributed by atoms with Gasteiger partial charge < -0.3 is 30.2 Å². The zero-order chi connectivity index (χ0) is 24.1. The van der Waals surface area contributed by atoms with E-state index in [0.717, 1.165) is 11.1 Å². The Morgan fingerprint density at radius 1 is 1.12 bits per heavy atom. The summed E-state index contributed by atoms with van der Waals surface area (Å²) in [4.78, 5) is 38.7. The van der Waals surface area contributed by atoms with Crippen LogP contribution in [0.3, 0.4) is 0 Å². The number of nitrogens with zero attached hydrogens (tertiary/aromatic N) is 1. The van der Waals surface area contributed by atoms with E-state index in [-0.39, 0.29) is 36.0 Å². The number of nitrogens with one attached hydrogen (secondary N) is 2. The van der Waals surface area contributed by atoms with Crippen LogP contribution in [0.2, 0.25) is 0 Å². The van der Waals surface area contributed by atoms with Gasteiger partial charge in [0.25, 0.3) is 12.4 Å². The molecule has 1 aromatic heterocycles. The maximum Gasteiger partial charge on any atom is 0.290 e. The van der Waals surface area contributed by atoms with Crippen LogP contribution in [-0.2, 0) is 16.0 Å². The third kappa shape index (κ3) is 5.03. The quantitative estimate of drug-likeness (QED) is 0.410. The van der Waals surface area contributed by atoms with E-state index in [1.165, 1.54) is 0 Å². The number of aryl methyl sites for hydroxylation is 1. The number of phenols is 1. The van der Waals surface area contributed by atoms with Crippen molar-refractivity contribution in [2.45, 2.75) is 24.8 Å². The number of aromatic hydroxyl groups is 1. The van der Waals surface area contributed by atoms with Crippen molar-refractivity contribution in [2.75, 3.05) is 13.1 Å². The van der Waals surface area contributed by atoms with Gasteiger partial charge >= 0.3 is 0 Å². The van der Waals surface area contributed by atoms with Crippen LogP contribution in [0.5, 0.6) is 17.2 Å². The fraction of sp³-hybridized carbons (Fsp3) is 0.240. The van der Waals surface area contributed by atoms with Crippen LogP contribution in [0.4, 0.5) is 0 Å². The van der Waals surface area contributed by atoms with Crippen molar-refractivity contribution < 1.29 is 29.3 Å². The molecule has 3 aromatic rings. The second-order valence-corrected chi connectivity index (χ2v) is 8.17. The first-order chi connectivity index (χ1) is 16.5. The number of benzene rings is 2. The fourth-order valence-corrected chi connectivity index (χ4v) is 4.36. The SMILES string of the molecule is O=C1CCc2ccc(O)c(c2)Oc2cccc(c2)[C@@H]2CN(C(=O)c3cc[nH]c3)C[C@H]2N1.O=CO. The Kier molecular flexibility index (Phi) is 6.82. The molecule has 4 bridgehead atoms. The van der Waals surface area contributed by atoms with Crippen LogP contribution < -0.4 is 10.1 Å². The van der Waals surface area contributed by atoms with E-state index in [9.17, 15) is 14.7 Å². The van der Waals surface area contributed by atoms with Crippen LogP contribution in [-0.4, -0.2) is 57.5 Å². The Bertz CT molecular complexity index is 1180. The Morgan fingerprint density at radius 3 is 2.71 bits per heavy atom. The van der Waals surface area contributed by atoms with Crippen LogP contribution in [0.1, 0.15) is 33.8 Å². The van der Waals surface area contributed by atoms with Gasteiger partial charge in [0.15, 0.2) is 11.5 Å². The number of hydrogen-bond acceptors (Lipinski definition) is 5. The van der Waals surface area contributed by atoms with Gasteiger partial charge in [-0.3, -0.25) is 14.4 Å². The molecule has 2 aliphatic rings. The molecule has 2 atom stereocenters. The predicted octanol–water partition coefficient (Wildman–Crippen LogP) is 2.88. The lowest BCUT2D eigenvalue weighted by molar-refractivity contribution is -0.123. The summed E-state index contributed by atoms with van der Waals surface area (Å²) in [5.41, 5.74) is 2.49. The first-order valence-electron chi connectivity index (χ1n) is 10.9. The standard InChI is InChI=1S/C24H23N3O4.CH2O2/c28-21-6-4-15-5-7-23(29)26-20-14-27(24(30)17-8-9-25-12-17)13-19(20)16-2-1-3-18(11-16)31-22(21)10-15;2-1-3/h1-4,6,8-12,19-20,25,28H,5,7,13-14H2,(H,26,29);1H,(H,2,3)/t19-,20+;/m0./s1. The van der Waals surface area contributed by atoms with E-state index >= 15 is 0 Å². The van der Waals surface area contributed by atoms with Crippen molar-refractivity contribution in [3.05, 3.63) is 77.6 Å². The summed E-state index contributed by atoms with van der Waals surface area (Å²) < 4.78 is 5.97. The number of hydrogen-bond donors (Lipinski definition) is 4. The van der Waals surface area contributed by atoms with Crippen LogP contribution in [0, 0.1) is 0 Å². The lowest BCUT2D eigenvalue weighted by Gasteiger charge is -2.20. The van der Waals surface area contributed by atoms with Crippen molar-refractivity contribution >= 4 is 18.3 Å². The molecule has 176 valence electrons. The minimum Gasteiger partial charge on any atom is -0.504 e. The molecule has 9 heteroatoms. The molecule has 5 rings (SSSR count). The number of likely N-dealkylation sites (tertiary alicyclic amines) is 1. The van der Waals surface area contributed by atoms with Gasteiger partial charge in [-0.25, -0.2) is 0 Å². The summed E-state index contributed by atoms with van der Waals surface area (Å²) in [5.74, 6) is 0.836. The molecule has 0 spiro atoms. The number of amides is 2. The molecule has 4 N–H and O–H groups in total. The smallest absolute Gasteiger partial charge is 0.290 e. The molecule has 2 aromatic carbocycles. The highest BCUT2D eigenvalue weighted by Crippen LogP contribution is 2.35. The molecular formula is C25H25N3O6. The number of carboxylic acid groups (broad SMARTS) is 1. The average molecular weight is 463 g/mol. The lowest BCUT2D eigenvalue weighted by atomic mass is 9.94. The van der Waals surface area contributed by atoms with E-state index in [1.807, 2.05) is 24.3 Å². The molecule has 1 saturated heterocycles. The molecule has 3 heterocycles. The number of aromatic amines is 1. The fourth-order valence-electron chi connectivity index (χ4n) is 4.36. The third-order valence-electron chi connectivity index (χ3n) is 5.98. The molecule has 2 aliphatic heterocycles. The lowest BCUT2D eigenvalue weighted by Crippen LogP contribution is -2.40. The van der Waals surface area contributed by atoms with Crippen LogP contribution in [0.25, 0.3) is 0 Å². The minimum atomic E-state index is -0.250. The Hall–Kier alpha value is -4.27. The molecule has 0 radical (unpaired) electrons. The van der Waals surface area contributed by atoms with E-state index < -0.39 is 0 Å². The van der Waals surface area contributed by atoms with Crippen molar-refractivity contribution in [3.8, 4) is 17.2 Å². The van der Waals surface area contributed by atoms with E-state index in [0.29, 0.717) is 43.0 Å². The van der Waals surface area contributed by atoms with Gasteiger partial charge in [-0.2, -0.15) is 0 Å². The number of fused-ring (bicyclic) bond motifs is 6. The molecule has 1 fully saturated rings. The normalized spacial score (nSPS) is 19.1. The Balaban J connectivity index is 0.000000868. The van der Waals surface area contributed by atoms with Gasteiger partial charge in [-0.1, -0.05) is 18.2 Å². The number of carbonyl (C=O) groups is 3. The molecular weight excluding hydrogens is 438 g/mol. The van der Waals surface area contributed by atoms with Gasteiger partial charge in [0.1, 0.15) is 5.75 Å². The van der Waals surface area contributed by atoms with Crippen molar-refractivity contribution in [2.24, 2.45) is 0 Å². The van der Waals surface area contributed by atoms with Crippen LogP contribution >= 0.6 is 0 Å². The molecule has 2 amide bonds. The van der Waals surface area contributed by atoms with Gasteiger partial charge in [0, 0.05) is 37.8 Å². The van der Waals surface area contributed by atoms with Crippen molar-refractivity contribution in [1.29, 1.82) is 0 Å². The Labute approximate surface area is 196 Å². The topological polar surface area (TPSA) is 132 Å². The van der Waals surface area contributed by atoms with Gasteiger partial charge in [0.2, 0.25) is 5.91 Å². The second-order valence-electron chi connectivity index (χ2n) is 8.17. The summed E-state index contributed by atoms with van der Waals surface area (Å²) in [6.07, 6.45) is 4.26. The molecule has 9 nitrogen and oxygen atoms in total. The maximum absolute atomic E-state index is 12.9. The maximum atomic E-state index is 12.9. The predicted molar refractivity (Wildman–Crippen MR) is 123 cm³/mol. The highest BCUT2D eigenvalue weighted by molar-refractivity contribution is 5.94.